The molecule has 0 aliphatic carbocycles. The van der Waals surface area contributed by atoms with E-state index in [4.69, 9.17) is 0 Å². The lowest BCUT2D eigenvalue weighted by atomic mass is 10.1. The van der Waals surface area contributed by atoms with E-state index in [1.54, 1.807) is 19.1 Å². The Labute approximate surface area is 195 Å². The highest BCUT2D eigenvalue weighted by molar-refractivity contribution is 7.89. The molecule has 1 atom stereocenters. The van der Waals surface area contributed by atoms with E-state index in [2.05, 4.69) is 5.32 Å². The third-order valence-electron chi connectivity index (χ3n) is 5.21. The Morgan fingerprint density at radius 1 is 1.00 bits per heavy atom. The van der Waals surface area contributed by atoms with Crippen molar-refractivity contribution in [3.8, 4) is 0 Å². The third-order valence-corrected chi connectivity index (χ3v) is 7.02. The number of amides is 2. The van der Waals surface area contributed by atoms with Gasteiger partial charge in [-0.2, -0.15) is 4.31 Å². The molecule has 0 fully saturated rings. The monoisotopic (exact) mass is 477 g/mol. The van der Waals surface area contributed by atoms with Gasteiger partial charge in [0.05, 0.1) is 11.4 Å². The number of carbonyl (C=O) groups excluding carboxylic acids is 2. The molecule has 0 spiro atoms. The number of likely N-dealkylation sites (N-methyl/N-ethyl adjacent to an activating group) is 1. The lowest BCUT2D eigenvalue weighted by Crippen LogP contribution is -2.51. The van der Waals surface area contributed by atoms with Crippen LogP contribution in [-0.2, 0) is 26.2 Å². The largest absolute Gasteiger partial charge is 0.354 e. The van der Waals surface area contributed by atoms with E-state index in [9.17, 15) is 22.4 Å². The SMILES string of the molecule is Cc1ccc(S(=O)(=O)N(C)CC(=O)N(Cc2ccc(F)cc2)[C@@H](C)C(=O)NCC(C)C)cc1. The molecule has 1 N–H and O–H groups in total. The molecule has 7 nitrogen and oxygen atoms in total. The minimum Gasteiger partial charge on any atom is -0.354 e. The molecule has 2 rings (SSSR count). The molecule has 9 heteroatoms. The summed E-state index contributed by atoms with van der Waals surface area (Å²) >= 11 is 0. The number of aryl methyl sites for hydroxylation is 1. The summed E-state index contributed by atoms with van der Waals surface area (Å²) in [5, 5.41) is 2.80. The van der Waals surface area contributed by atoms with E-state index in [-0.39, 0.29) is 23.3 Å². The topological polar surface area (TPSA) is 86.8 Å². The van der Waals surface area contributed by atoms with Crippen LogP contribution in [0.15, 0.2) is 53.4 Å². The van der Waals surface area contributed by atoms with Gasteiger partial charge >= 0.3 is 0 Å². The van der Waals surface area contributed by atoms with Crippen molar-refractivity contribution in [2.75, 3.05) is 20.1 Å². The number of sulfonamides is 1. The predicted octanol–water partition coefficient (Wildman–Crippen LogP) is 2.94. The lowest BCUT2D eigenvalue weighted by Gasteiger charge is -2.30. The zero-order valence-corrected chi connectivity index (χ0v) is 20.5. The Kier molecular flexibility index (Phi) is 9.13. The van der Waals surface area contributed by atoms with Crippen LogP contribution < -0.4 is 5.32 Å². The van der Waals surface area contributed by atoms with E-state index in [1.807, 2.05) is 20.8 Å². The van der Waals surface area contributed by atoms with Gasteiger partial charge in [0.2, 0.25) is 21.8 Å². The van der Waals surface area contributed by atoms with Gasteiger partial charge < -0.3 is 10.2 Å². The molecule has 2 aromatic carbocycles. The maximum Gasteiger partial charge on any atom is 0.243 e. The fourth-order valence-corrected chi connectivity index (χ4v) is 4.20. The zero-order chi connectivity index (χ0) is 24.8. The van der Waals surface area contributed by atoms with Crippen LogP contribution in [0.3, 0.4) is 0 Å². The number of benzene rings is 2. The van der Waals surface area contributed by atoms with Crippen LogP contribution in [-0.4, -0.2) is 55.6 Å². The van der Waals surface area contributed by atoms with Crippen molar-refractivity contribution >= 4 is 21.8 Å². The van der Waals surface area contributed by atoms with Crippen molar-refractivity contribution in [1.29, 1.82) is 0 Å². The maximum atomic E-state index is 13.3. The minimum atomic E-state index is -3.89. The van der Waals surface area contributed by atoms with Crippen molar-refractivity contribution in [2.45, 2.75) is 45.2 Å². The second-order valence-electron chi connectivity index (χ2n) is 8.54. The Balaban J connectivity index is 2.24. The Morgan fingerprint density at radius 3 is 2.12 bits per heavy atom. The predicted molar refractivity (Wildman–Crippen MR) is 125 cm³/mol. The summed E-state index contributed by atoms with van der Waals surface area (Å²) in [6.45, 7) is 7.39. The molecular formula is C24H32FN3O4S. The highest BCUT2D eigenvalue weighted by Crippen LogP contribution is 2.17. The van der Waals surface area contributed by atoms with Crippen LogP contribution >= 0.6 is 0 Å². The Morgan fingerprint density at radius 2 is 1.58 bits per heavy atom. The van der Waals surface area contributed by atoms with E-state index >= 15 is 0 Å². The standard InChI is InChI=1S/C24H32FN3O4S/c1-17(2)14-26-24(30)19(4)28(15-20-8-10-21(25)11-9-20)23(29)16-27(5)33(31,32)22-12-6-18(3)7-13-22/h6-13,17,19H,14-16H2,1-5H3,(H,26,30)/t19-/m0/s1. The summed E-state index contributed by atoms with van der Waals surface area (Å²) in [4.78, 5) is 27.3. The summed E-state index contributed by atoms with van der Waals surface area (Å²) in [5.74, 6) is -1.07. The van der Waals surface area contributed by atoms with E-state index in [1.165, 1.54) is 48.3 Å². The van der Waals surface area contributed by atoms with Gasteiger partial charge in [0, 0.05) is 20.1 Å². The molecule has 0 aliphatic heterocycles. The van der Waals surface area contributed by atoms with Gasteiger partial charge in [0.15, 0.2) is 0 Å². The van der Waals surface area contributed by atoms with Crippen molar-refractivity contribution in [3.63, 3.8) is 0 Å². The molecule has 0 aromatic heterocycles. The van der Waals surface area contributed by atoms with Crippen LogP contribution in [0.4, 0.5) is 4.39 Å². The van der Waals surface area contributed by atoms with Gasteiger partial charge in [-0.3, -0.25) is 9.59 Å². The second-order valence-corrected chi connectivity index (χ2v) is 10.6. The fraction of sp³-hybridized carbons (Fsp3) is 0.417. The number of hydrogen-bond donors (Lipinski definition) is 1. The summed E-state index contributed by atoms with van der Waals surface area (Å²) in [6.07, 6.45) is 0. The highest BCUT2D eigenvalue weighted by Gasteiger charge is 2.30. The van der Waals surface area contributed by atoms with Crippen LogP contribution in [0.25, 0.3) is 0 Å². The quantitative estimate of drug-likeness (QED) is 0.570. The summed E-state index contributed by atoms with van der Waals surface area (Å²) in [5.41, 5.74) is 1.54. The Bertz CT molecular complexity index is 1050. The Hall–Kier alpha value is -2.78. The number of carbonyl (C=O) groups is 2. The molecule has 0 saturated heterocycles. The molecule has 33 heavy (non-hydrogen) atoms. The molecule has 0 bridgehead atoms. The van der Waals surface area contributed by atoms with E-state index < -0.39 is 34.3 Å². The molecular weight excluding hydrogens is 445 g/mol. The molecule has 0 saturated carbocycles. The molecule has 0 unspecified atom stereocenters. The molecule has 2 aromatic rings. The minimum absolute atomic E-state index is 0.0355. The average Bonchev–Trinajstić information content (AvgIpc) is 2.76. The molecule has 0 radical (unpaired) electrons. The van der Waals surface area contributed by atoms with Gasteiger partial charge in [-0.1, -0.05) is 43.7 Å². The zero-order valence-electron chi connectivity index (χ0n) is 19.7. The highest BCUT2D eigenvalue weighted by atomic mass is 32.2. The molecule has 0 heterocycles. The first-order chi connectivity index (χ1) is 15.4. The third kappa shape index (κ3) is 7.36. The van der Waals surface area contributed by atoms with Gasteiger partial charge in [-0.15, -0.1) is 0 Å². The van der Waals surface area contributed by atoms with Crippen LogP contribution in [0, 0.1) is 18.7 Å². The summed E-state index contributed by atoms with van der Waals surface area (Å²) in [6, 6.07) is 11.1. The van der Waals surface area contributed by atoms with Crippen LogP contribution in [0.5, 0.6) is 0 Å². The lowest BCUT2D eigenvalue weighted by molar-refractivity contribution is -0.140. The first kappa shape index (κ1) is 26.5. The normalized spacial score (nSPS) is 12.6. The van der Waals surface area contributed by atoms with Gasteiger partial charge in [0.25, 0.3) is 0 Å². The fourth-order valence-electron chi connectivity index (χ4n) is 3.08. The number of nitrogens with zero attached hydrogens (tertiary/aromatic N) is 2. The summed E-state index contributed by atoms with van der Waals surface area (Å²) in [7, 11) is -2.57. The van der Waals surface area contributed by atoms with Crippen molar-refractivity contribution in [3.05, 3.63) is 65.5 Å². The van der Waals surface area contributed by atoms with Crippen molar-refractivity contribution in [2.24, 2.45) is 5.92 Å². The number of hydrogen-bond acceptors (Lipinski definition) is 4. The molecule has 0 aliphatic rings. The number of rotatable bonds is 10. The second kappa shape index (κ2) is 11.4. The van der Waals surface area contributed by atoms with Crippen LogP contribution in [0.2, 0.25) is 0 Å². The van der Waals surface area contributed by atoms with Crippen molar-refractivity contribution < 1.29 is 22.4 Å². The smallest absolute Gasteiger partial charge is 0.243 e. The number of halogens is 1. The summed E-state index contributed by atoms with van der Waals surface area (Å²) < 4.78 is 40.1. The van der Waals surface area contributed by atoms with Gasteiger partial charge in [-0.05, 0) is 49.6 Å². The first-order valence-corrected chi connectivity index (χ1v) is 12.2. The van der Waals surface area contributed by atoms with Crippen LogP contribution in [0.1, 0.15) is 31.9 Å². The number of nitrogens with one attached hydrogen (secondary N) is 1. The molecule has 2 amide bonds. The average molecular weight is 478 g/mol. The maximum absolute atomic E-state index is 13.3. The first-order valence-electron chi connectivity index (χ1n) is 10.8. The van der Waals surface area contributed by atoms with Gasteiger partial charge in [-0.25, -0.2) is 12.8 Å². The molecule has 180 valence electrons. The van der Waals surface area contributed by atoms with E-state index in [0.29, 0.717) is 12.1 Å². The van der Waals surface area contributed by atoms with Gasteiger partial charge in [0.1, 0.15) is 11.9 Å². The van der Waals surface area contributed by atoms with E-state index in [0.717, 1.165) is 9.87 Å². The van der Waals surface area contributed by atoms with Crippen molar-refractivity contribution in [1.82, 2.24) is 14.5 Å².